The molecule has 0 aliphatic rings. The summed E-state index contributed by atoms with van der Waals surface area (Å²) in [5.41, 5.74) is 9.73. The average Bonchev–Trinajstić information content (AvgIpc) is 2.94. The number of aromatic nitrogens is 1. The van der Waals surface area contributed by atoms with Crippen molar-refractivity contribution in [3.8, 4) is 0 Å². The number of hydrogen-bond donors (Lipinski definition) is 1. The van der Waals surface area contributed by atoms with Crippen LogP contribution in [0.4, 0.5) is 0 Å². The van der Waals surface area contributed by atoms with Crippen LogP contribution in [0.15, 0.2) is 59.5 Å². The lowest BCUT2D eigenvalue weighted by Crippen LogP contribution is -2.11. The zero-order chi connectivity index (χ0) is 20.1. The molecule has 0 fully saturated rings. The van der Waals surface area contributed by atoms with Crippen molar-refractivity contribution >= 4 is 37.6 Å². The molecule has 1 radical (unpaired) electrons. The Morgan fingerprint density at radius 2 is 1.86 bits per heavy atom. The third-order valence-electron chi connectivity index (χ3n) is 4.87. The molecule has 0 saturated heterocycles. The van der Waals surface area contributed by atoms with Gasteiger partial charge in [-0.25, -0.2) is 8.42 Å². The second-order valence-corrected chi connectivity index (χ2v) is 9.02. The molecule has 1 aromatic heterocycles. The molecule has 5 nitrogen and oxygen atoms in total. The van der Waals surface area contributed by atoms with Crippen LogP contribution in [0.25, 0.3) is 21.8 Å². The van der Waals surface area contributed by atoms with Crippen LogP contribution in [-0.4, -0.2) is 25.1 Å². The lowest BCUT2D eigenvalue weighted by molar-refractivity contribution is 0.100. The monoisotopic (exact) mass is 391 g/mol. The van der Waals surface area contributed by atoms with Crippen molar-refractivity contribution in [1.82, 2.24) is 4.57 Å². The van der Waals surface area contributed by atoms with E-state index in [1.807, 2.05) is 31.2 Å². The SMILES string of the molecule is Cc1c[c]c2c3c(C(N)=O)cccc3n(Cc3cccc(S(C)(=O)=O)c3)c2c1. The van der Waals surface area contributed by atoms with E-state index in [1.165, 1.54) is 6.26 Å². The fraction of sp³-hybridized carbons (Fsp3) is 0.136. The maximum Gasteiger partial charge on any atom is 0.249 e. The number of benzene rings is 3. The van der Waals surface area contributed by atoms with Gasteiger partial charge in [0.1, 0.15) is 0 Å². The van der Waals surface area contributed by atoms with E-state index in [-0.39, 0.29) is 4.90 Å². The van der Waals surface area contributed by atoms with Crippen LogP contribution in [0, 0.1) is 13.0 Å². The number of nitrogens with zero attached hydrogens (tertiary/aromatic N) is 1. The molecule has 4 aromatic rings. The highest BCUT2D eigenvalue weighted by molar-refractivity contribution is 7.90. The minimum absolute atomic E-state index is 0.284. The summed E-state index contributed by atoms with van der Waals surface area (Å²) in [5.74, 6) is -0.488. The maximum absolute atomic E-state index is 12.0. The number of primary amides is 1. The van der Waals surface area contributed by atoms with Crippen molar-refractivity contribution in [1.29, 1.82) is 0 Å². The summed E-state index contributed by atoms with van der Waals surface area (Å²) in [6.07, 6.45) is 1.20. The number of amides is 1. The molecule has 6 heteroatoms. The number of fused-ring (bicyclic) bond motifs is 3. The molecule has 0 aliphatic heterocycles. The van der Waals surface area contributed by atoms with E-state index < -0.39 is 15.7 Å². The lowest BCUT2D eigenvalue weighted by Gasteiger charge is -2.10. The normalized spacial score (nSPS) is 11.9. The van der Waals surface area contributed by atoms with Gasteiger partial charge >= 0.3 is 0 Å². The highest BCUT2D eigenvalue weighted by Gasteiger charge is 2.17. The van der Waals surface area contributed by atoms with E-state index in [4.69, 9.17) is 5.73 Å². The first-order chi connectivity index (χ1) is 13.3. The minimum Gasteiger partial charge on any atom is -0.366 e. The molecule has 0 bridgehead atoms. The molecule has 0 unspecified atom stereocenters. The Hall–Kier alpha value is -3.12. The first kappa shape index (κ1) is 18.3. The predicted octanol–water partition coefficient (Wildman–Crippen LogP) is 3.45. The summed E-state index contributed by atoms with van der Waals surface area (Å²) < 4.78 is 25.9. The number of hydrogen-bond acceptors (Lipinski definition) is 3. The summed E-state index contributed by atoms with van der Waals surface area (Å²) >= 11 is 0. The smallest absolute Gasteiger partial charge is 0.249 e. The van der Waals surface area contributed by atoms with Crippen LogP contribution in [0.2, 0.25) is 0 Å². The van der Waals surface area contributed by atoms with Gasteiger partial charge in [0.25, 0.3) is 0 Å². The second-order valence-electron chi connectivity index (χ2n) is 7.01. The average molecular weight is 391 g/mol. The molecule has 1 amide bonds. The van der Waals surface area contributed by atoms with E-state index in [9.17, 15) is 13.2 Å². The van der Waals surface area contributed by atoms with E-state index in [0.717, 1.165) is 32.9 Å². The first-order valence-electron chi connectivity index (χ1n) is 8.78. The summed E-state index contributed by atoms with van der Waals surface area (Å²) in [5, 5.41) is 1.60. The quantitative estimate of drug-likeness (QED) is 0.578. The van der Waals surface area contributed by atoms with Crippen molar-refractivity contribution in [3.05, 3.63) is 77.4 Å². The Morgan fingerprint density at radius 3 is 2.57 bits per heavy atom. The van der Waals surface area contributed by atoms with Gasteiger partial charge in [-0.15, -0.1) is 0 Å². The zero-order valence-corrected chi connectivity index (χ0v) is 16.4. The number of aryl methyl sites for hydroxylation is 1. The van der Waals surface area contributed by atoms with Crippen molar-refractivity contribution in [2.75, 3.05) is 6.26 Å². The Bertz CT molecular complexity index is 1350. The van der Waals surface area contributed by atoms with Crippen LogP contribution in [-0.2, 0) is 16.4 Å². The number of nitrogens with two attached hydrogens (primary N) is 1. The Morgan fingerprint density at radius 1 is 1.11 bits per heavy atom. The third-order valence-corrected chi connectivity index (χ3v) is 5.98. The molecule has 0 atom stereocenters. The Kier molecular flexibility index (Phi) is 4.23. The zero-order valence-electron chi connectivity index (χ0n) is 15.6. The number of carbonyl (C=O) groups excluding carboxylic acids is 1. The molecule has 0 aliphatic carbocycles. The van der Waals surface area contributed by atoms with E-state index >= 15 is 0 Å². The van der Waals surface area contributed by atoms with E-state index in [1.54, 1.807) is 30.3 Å². The van der Waals surface area contributed by atoms with Crippen molar-refractivity contribution in [2.45, 2.75) is 18.4 Å². The van der Waals surface area contributed by atoms with Crippen molar-refractivity contribution in [2.24, 2.45) is 5.73 Å². The molecular weight excluding hydrogens is 372 g/mol. The largest absolute Gasteiger partial charge is 0.366 e. The fourth-order valence-electron chi connectivity index (χ4n) is 3.59. The minimum atomic E-state index is -3.29. The molecule has 28 heavy (non-hydrogen) atoms. The summed E-state index contributed by atoms with van der Waals surface area (Å²) in [7, 11) is -3.29. The number of sulfone groups is 1. The third kappa shape index (κ3) is 3.05. The van der Waals surface area contributed by atoms with Gasteiger partial charge in [-0.3, -0.25) is 4.79 Å². The molecule has 0 spiro atoms. The Labute approximate surface area is 163 Å². The number of carbonyl (C=O) groups is 1. The van der Waals surface area contributed by atoms with Crippen LogP contribution in [0.3, 0.4) is 0 Å². The van der Waals surface area contributed by atoms with E-state index in [0.29, 0.717) is 12.1 Å². The standard InChI is InChI=1S/C22H19N2O3S/c1-14-9-10-17-20(11-14)24(19-8-4-7-18(21(17)19)22(23)25)13-15-5-3-6-16(12-15)28(2,26)27/h3-9,11-12H,13H2,1-2H3,(H2,23,25). The van der Waals surface area contributed by atoms with Gasteiger partial charge in [0, 0.05) is 29.1 Å². The lowest BCUT2D eigenvalue weighted by atomic mass is 10.1. The van der Waals surface area contributed by atoms with Gasteiger partial charge in [-0.2, -0.15) is 0 Å². The topological polar surface area (TPSA) is 82.2 Å². The van der Waals surface area contributed by atoms with Crippen LogP contribution >= 0.6 is 0 Å². The summed E-state index contributed by atoms with van der Waals surface area (Å²) in [4.78, 5) is 12.3. The van der Waals surface area contributed by atoms with Gasteiger partial charge < -0.3 is 10.3 Å². The van der Waals surface area contributed by atoms with Crippen molar-refractivity contribution in [3.63, 3.8) is 0 Å². The Balaban J connectivity index is 2.00. The van der Waals surface area contributed by atoms with Crippen LogP contribution in [0.1, 0.15) is 21.5 Å². The maximum atomic E-state index is 12.0. The highest BCUT2D eigenvalue weighted by atomic mass is 32.2. The van der Waals surface area contributed by atoms with Gasteiger partial charge in [-0.1, -0.05) is 24.3 Å². The van der Waals surface area contributed by atoms with Gasteiger partial charge in [0.05, 0.1) is 15.9 Å². The highest BCUT2D eigenvalue weighted by Crippen LogP contribution is 2.32. The molecule has 4 rings (SSSR count). The predicted molar refractivity (Wildman–Crippen MR) is 110 cm³/mol. The van der Waals surface area contributed by atoms with Crippen molar-refractivity contribution < 1.29 is 13.2 Å². The second kappa shape index (κ2) is 6.49. The number of rotatable bonds is 4. The molecule has 1 heterocycles. The molecule has 0 saturated carbocycles. The molecule has 3 aromatic carbocycles. The van der Waals surface area contributed by atoms with Crippen LogP contribution < -0.4 is 5.73 Å². The molecule has 141 valence electrons. The van der Waals surface area contributed by atoms with Gasteiger partial charge in [0.15, 0.2) is 9.84 Å². The first-order valence-corrected chi connectivity index (χ1v) is 10.7. The summed E-state index contributed by atoms with van der Waals surface area (Å²) in [6, 6.07) is 19.6. The fourth-order valence-corrected chi connectivity index (χ4v) is 4.28. The summed E-state index contributed by atoms with van der Waals surface area (Å²) in [6.45, 7) is 2.44. The van der Waals surface area contributed by atoms with Gasteiger partial charge in [-0.05, 0) is 54.4 Å². The van der Waals surface area contributed by atoms with Gasteiger partial charge in [0.2, 0.25) is 5.91 Å². The molecule has 2 N–H and O–H groups in total. The van der Waals surface area contributed by atoms with Crippen LogP contribution in [0.5, 0.6) is 0 Å². The van der Waals surface area contributed by atoms with E-state index in [2.05, 4.69) is 10.6 Å². The molecular formula is C22H19N2O3S.